The molecule has 2 aromatic rings. The van der Waals surface area contributed by atoms with Crippen molar-refractivity contribution in [1.82, 2.24) is 10.2 Å². The first-order valence-electron chi connectivity index (χ1n) is 21.6. The fraction of sp³-hybridized carbons (Fsp3) is 0.674. The van der Waals surface area contributed by atoms with Crippen LogP contribution in [-0.4, -0.2) is 126 Å². The molecule has 1 amide bonds. The Bertz CT molecular complexity index is 1790. The van der Waals surface area contributed by atoms with Gasteiger partial charge in [-0.1, -0.05) is 74.8 Å². The number of carbonyl (C=O) groups is 2. The molecule has 4 N–H and O–H groups in total. The van der Waals surface area contributed by atoms with Crippen molar-refractivity contribution in [3.05, 3.63) is 70.5 Å². The average Bonchev–Trinajstić information content (AvgIpc) is 3.23. The van der Waals surface area contributed by atoms with Crippen LogP contribution in [0, 0.1) is 29.5 Å². The van der Waals surface area contributed by atoms with Crippen molar-refractivity contribution in [3.63, 3.8) is 0 Å². The number of esters is 1. The second-order valence-corrected chi connectivity index (χ2v) is 18.2. The van der Waals surface area contributed by atoms with Crippen LogP contribution >= 0.6 is 11.6 Å². The number of hydrogen-bond donors (Lipinski definition) is 4. The number of likely N-dealkylation sites (N-methyl/N-ethyl adjacent to an activating group) is 1. The first kappa shape index (κ1) is 51.2. The van der Waals surface area contributed by atoms with Crippen LogP contribution in [0.25, 0.3) is 0 Å². The molecule has 348 valence electrons. The zero-order valence-electron chi connectivity index (χ0n) is 38.0. The van der Waals surface area contributed by atoms with Crippen molar-refractivity contribution in [2.24, 2.45) is 28.8 Å². The summed E-state index contributed by atoms with van der Waals surface area (Å²) in [5.41, 5.74) is -1.44. The van der Waals surface area contributed by atoms with Gasteiger partial charge in [-0.2, -0.15) is 0 Å². The quantitative estimate of drug-likeness (QED) is 0.139. The number of alkyl carbamates (subject to hydrolysis) is 1. The second kappa shape index (κ2) is 22.5. The Morgan fingerprint density at radius 3 is 2.32 bits per heavy atom. The van der Waals surface area contributed by atoms with E-state index in [4.69, 9.17) is 40.1 Å². The summed E-state index contributed by atoms with van der Waals surface area (Å²) in [7, 11) is 5.24. The number of nitrogens with one attached hydrogen (secondary N) is 1. The Labute approximate surface area is 371 Å². The summed E-state index contributed by atoms with van der Waals surface area (Å²) in [5, 5.41) is 43.6. The highest BCUT2D eigenvalue weighted by Crippen LogP contribution is 2.40. The van der Waals surface area contributed by atoms with E-state index in [-0.39, 0.29) is 44.0 Å². The number of halogens is 2. The lowest BCUT2D eigenvalue weighted by Crippen LogP contribution is -2.60. The van der Waals surface area contributed by atoms with Crippen LogP contribution in [0.5, 0.6) is 0 Å². The first-order chi connectivity index (χ1) is 29.1. The van der Waals surface area contributed by atoms with Gasteiger partial charge in [-0.25, -0.2) is 9.18 Å². The van der Waals surface area contributed by atoms with Gasteiger partial charge < -0.3 is 54.1 Å². The molecule has 4 rings (SSSR count). The molecule has 62 heavy (non-hydrogen) atoms. The van der Waals surface area contributed by atoms with Gasteiger partial charge in [-0.3, -0.25) is 4.79 Å². The maximum Gasteiger partial charge on any atom is 0.407 e. The van der Waals surface area contributed by atoms with Crippen LogP contribution in [-0.2, 0) is 46.3 Å². The van der Waals surface area contributed by atoms with E-state index in [1.54, 1.807) is 52.0 Å². The average molecular weight is 895 g/mol. The third-order valence-corrected chi connectivity index (χ3v) is 13.1. The third kappa shape index (κ3) is 12.6. The van der Waals surface area contributed by atoms with Gasteiger partial charge in [-0.05, 0) is 91.2 Å². The fourth-order valence-corrected chi connectivity index (χ4v) is 9.07. The SMILES string of the molecule is CC[C@H]1OC(=O)[C@H](C)[C@@H](OC(=O)NCCc2ccc(F)cc2)[C@H](C)[C@@H](O[C@@H]2O[C@H](C)C[C@H](N(C)C)[C@H]2O)[C@](C)(OC)C[C@@H](C)/C(=N/OCc2ccccc2Cl)[C@H](C)[C@@H](O)[C@]1(C)O. The van der Waals surface area contributed by atoms with Gasteiger partial charge in [0, 0.05) is 48.0 Å². The number of nitrogens with zero attached hydrogens (tertiary/aromatic N) is 2. The minimum atomic E-state index is -1.99. The lowest BCUT2D eigenvalue weighted by atomic mass is 9.73. The Morgan fingerprint density at radius 1 is 1.05 bits per heavy atom. The number of methoxy groups -OCH3 is 1. The van der Waals surface area contributed by atoms with Crippen molar-refractivity contribution in [1.29, 1.82) is 0 Å². The van der Waals surface area contributed by atoms with Crippen LogP contribution in [0.1, 0.15) is 85.8 Å². The van der Waals surface area contributed by atoms with Crippen molar-refractivity contribution in [2.75, 3.05) is 27.7 Å². The van der Waals surface area contributed by atoms with Crippen molar-refractivity contribution in [3.8, 4) is 0 Å². The Hall–Kier alpha value is -3.41. The largest absolute Gasteiger partial charge is 0.459 e. The number of hydrogen-bond acceptors (Lipinski definition) is 13. The molecular weight excluding hydrogens is 825 g/mol. The molecule has 0 radical (unpaired) electrons. The number of carbonyl (C=O) groups excluding carboxylic acids is 2. The zero-order valence-corrected chi connectivity index (χ0v) is 38.8. The molecular formula is C46H69ClFN3O11. The van der Waals surface area contributed by atoms with Gasteiger partial charge in [0.25, 0.3) is 0 Å². The van der Waals surface area contributed by atoms with E-state index >= 15 is 0 Å². The minimum absolute atomic E-state index is 0.0135. The molecule has 2 aliphatic rings. The molecule has 0 bridgehead atoms. The minimum Gasteiger partial charge on any atom is -0.459 e. The molecule has 2 aromatic carbocycles. The highest BCUT2D eigenvalue weighted by molar-refractivity contribution is 6.31. The Balaban J connectivity index is 1.83. The summed E-state index contributed by atoms with van der Waals surface area (Å²) in [6.45, 7) is 13.9. The standard InChI is InChI=1S/C46H69ClFN3O11/c1-12-36-46(8,56)40(53)28(4)37(50-58-25-32-15-13-14-16-34(32)47)26(2)24-45(7,57-11)41(62-43-38(52)35(51(9)10)23-27(3)59-43)29(5)39(30(6)42(54)60-36)61-44(55)49-22-21-31-17-19-33(48)20-18-31/h13-20,26-30,35-36,38-41,43,52-53,56H,12,21-25H2,1-11H3,(H,49,55)/b50-37-/t26-,27-,28+,29+,30-,35+,36-,38-,39+,40-,41-,43+,45-,46-/m1/s1. The zero-order chi connectivity index (χ0) is 46.1. The van der Waals surface area contributed by atoms with E-state index in [1.165, 1.54) is 26.2 Å². The van der Waals surface area contributed by atoms with Crippen LogP contribution in [0.3, 0.4) is 0 Å². The maximum absolute atomic E-state index is 14.3. The summed E-state index contributed by atoms with van der Waals surface area (Å²) in [6, 6.07) is 12.8. The monoisotopic (exact) mass is 893 g/mol. The van der Waals surface area contributed by atoms with Gasteiger partial charge in [-0.15, -0.1) is 0 Å². The molecule has 2 fully saturated rings. The summed E-state index contributed by atoms with van der Waals surface area (Å²) in [5.74, 6) is -4.57. The highest BCUT2D eigenvalue weighted by atomic mass is 35.5. The third-order valence-electron chi connectivity index (χ3n) is 12.7. The topological polar surface area (TPSA) is 178 Å². The molecule has 0 saturated carbocycles. The van der Waals surface area contributed by atoms with Gasteiger partial charge in [0.2, 0.25) is 0 Å². The molecule has 2 saturated heterocycles. The fourth-order valence-electron chi connectivity index (χ4n) is 8.88. The number of aliphatic hydroxyl groups excluding tert-OH is 2. The van der Waals surface area contributed by atoms with E-state index in [0.29, 0.717) is 29.1 Å². The van der Waals surface area contributed by atoms with Crippen molar-refractivity contribution >= 4 is 29.4 Å². The van der Waals surface area contributed by atoms with Crippen LogP contribution in [0.15, 0.2) is 53.7 Å². The number of amides is 1. The summed E-state index contributed by atoms with van der Waals surface area (Å²) >= 11 is 6.43. The summed E-state index contributed by atoms with van der Waals surface area (Å²) in [4.78, 5) is 35.8. The van der Waals surface area contributed by atoms with E-state index in [2.05, 4.69) is 10.5 Å². The Kier molecular flexibility index (Phi) is 18.6. The van der Waals surface area contributed by atoms with E-state index in [0.717, 1.165) is 5.56 Å². The van der Waals surface area contributed by atoms with Crippen molar-refractivity contribution in [2.45, 2.75) is 148 Å². The van der Waals surface area contributed by atoms with Crippen LogP contribution in [0.4, 0.5) is 9.18 Å². The predicted octanol–water partition coefficient (Wildman–Crippen LogP) is 6.29. The Morgan fingerprint density at radius 2 is 1.71 bits per heavy atom. The van der Waals surface area contributed by atoms with Crippen molar-refractivity contribution < 1.29 is 57.8 Å². The molecule has 0 spiro atoms. The number of rotatable bonds is 12. The number of benzene rings is 2. The molecule has 0 aromatic heterocycles. The molecule has 0 aliphatic carbocycles. The second-order valence-electron chi connectivity index (χ2n) is 17.7. The normalized spacial score (nSPS) is 35.8. The van der Waals surface area contributed by atoms with Gasteiger partial charge >= 0.3 is 12.1 Å². The number of ether oxygens (including phenoxy) is 5. The lowest BCUT2D eigenvalue weighted by molar-refractivity contribution is -0.301. The molecule has 14 nitrogen and oxygen atoms in total. The van der Waals surface area contributed by atoms with E-state index in [1.807, 2.05) is 51.9 Å². The molecule has 0 unspecified atom stereocenters. The molecule has 2 heterocycles. The van der Waals surface area contributed by atoms with Gasteiger partial charge in [0.05, 0.1) is 35.5 Å². The smallest absolute Gasteiger partial charge is 0.407 e. The molecule has 16 heteroatoms. The van der Waals surface area contributed by atoms with Gasteiger partial charge in [0.1, 0.15) is 36.3 Å². The summed E-state index contributed by atoms with van der Waals surface area (Å²) < 4.78 is 45.3. The molecule has 2 aliphatic heterocycles. The van der Waals surface area contributed by atoms with Gasteiger partial charge in [0.15, 0.2) is 6.29 Å². The van der Waals surface area contributed by atoms with Crippen LogP contribution < -0.4 is 5.32 Å². The molecule has 14 atom stereocenters. The van der Waals surface area contributed by atoms with E-state index in [9.17, 15) is 29.3 Å². The van der Waals surface area contributed by atoms with E-state index < -0.39 is 83.7 Å². The lowest BCUT2D eigenvalue weighted by Gasteiger charge is -2.48. The predicted molar refractivity (Wildman–Crippen MR) is 233 cm³/mol. The van der Waals surface area contributed by atoms with Crippen LogP contribution in [0.2, 0.25) is 5.02 Å². The highest BCUT2D eigenvalue weighted by Gasteiger charge is 2.52. The number of cyclic esters (lactones) is 1. The first-order valence-corrected chi connectivity index (χ1v) is 22.0. The number of oxime groups is 1. The maximum atomic E-state index is 14.3. The summed E-state index contributed by atoms with van der Waals surface area (Å²) in [6.07, 6.45) is -7.22. The number of aliphatic hydroxyl groups is 3.